The fourth-order valence-corrected chi connectivity index (χ4v) is 4.44. The molecule has 1 fully saturated rings. The van der Waals surface area contributed by atoms with Gasteiger partial charge in [0, 0.05) is 0 Å². The van der Waals surface area contributed by atoms with Crippen LogP contribution in [0.4, 0.5) is 17.6 Å². The molecular formula is C28H29F4NO2. The van der Waals surface area contributed by atoms with E-state index < -0.39 is 11.7 Å². The molecule has 3 nitrogen and oxygen atoms in total. The van der Waals surface area contributed by atoms with Gasteiger partial charge in [-0.3, -0.25) is 0 Å². The molecule has 1 aliphatic rings. The molecule has 0 bridgehead atoms. The molecule has 0 saturated heterocycles. The van der Waals surface area contributed by atoms with E-state index in [-0.39, 0.29) is 24.6 Å². The van der Waals surface area contributed by atoms with Crippen LogP contribution >= 0.6 is 0 Å². The Morgan fingerprint density at radius 3 is 2.23 bits per heavy atom. The molecule has 0 radical (unpaired) electrons. The van der Waals surface area contributed by atoms with Crippen molar-refractivity contribution in [1.82, 2.24) is 0 Å². The van der Waals surface area contributed by atoms with Crippen molar-refractivity contribution >= 4 is 0 Å². The van der Waals surface area contributed by atoms with E-state index in [0.29, 0.717) is 13.0 Å². The van der Waals surface area contributed by atoms with Gasteiger partial charge in [0.2, 0.25) is 0 Å². The zero-order valence-electron chi connectivity index (χ0n) is 19.4. The highest BCUT2D eigenvalue weighted by Crippen LogP contribution is 2.32. The lowest BCUT2D eigenvalue weighted by Gasteiger charge is -2.29. The van der Waals surface area contributed by atoms with Crippen molar-refractivity contribution in [3.05, 3.63) is 89.2 Å². The van der Waals surface area contributed by atoms with Gasteiger partial charge in [-0.05, 0) is 97.3 Å². The predicted molar refractivity (Wildman–Crippen MR) is 127 cm³/mol. The van der Waals surface area contributed by atoms with E-state index >= 15 is 0 Å². The summed E-state index contributed by atoms with van der Waals surface area (Å²) in [5.74, 6) is 0.446. The number of alkyl halides is 3. The fourth-order valence-electron chi connectivity index (χ4n) is 4.44. The Balaban J connectivity index is 1.32. The summed E-state index contributed by atoms with van der Waals surface area (Å²) in [4.78, 5) is 0. The average molecular weight is 488 g/mol. The smallest absolute Gasteiger partial charge is 0.416 e. The first kappa shape index (κ1) is 25.2. The van der Waals surface area contributed by atoms with Crippen LogP contribution in [0.5, 0.6) is 5.75 Å². The molecule has 0 heterocycles. The molecule has 2 N–H and O–H groups in total. The van der Waals surface area contributed by atoms with Gasteiger partial charge in [-0.15, -0.1) is 0 Å². The summed E-state index contributed by atoms with van der Waals surface area (Å²) in [5, 5.41) is 0. The molecule has 1 saturated carbocycles. The summed E-state index contributed by atoms with van der Waals surface area (Å²) in [6, 6.07) is 17.5. The minimum absolute atomic E-state index is 0.0432. The Hall–Kier alpha value is -2.90. The van der Waals surface area contributed by atoms with Crippen LogP contribution in [0.3, 0.4) is 0 Å². The van der Waals surface area contributed by atoms with Crippen molar-refractivity contribution in [1.29, 1.82) is 0 Å². The quantitative estimate of drug-likeness (QED) is 0.351. The first-order valence-electron chi connectivity index (χ1n) is 11.8. The minimum atomic E-state index is -4.33. The Kier molecular flexibility index (Phi) is 8.08. The Morgan fingerprint density at radius 2 is 1.57 bits per heavy atom. The summed E-state index contributed by atoms with van der Waals surface area (Å²) in [6.07, 6.45) is -0.294. The second-order valence-electron chi connectivity index (χ2n) is 8.89. The highest BCUT2D eigenvalue weighted by Gasteiger charge is 2.30. The van der Waals surface area contributed by atoms with Crippen molar-refractivity contribution in [2.75, 3.05) is 6.54 Å². The Labute approximate surface area is 202 Å². The molecule has 0 spiro atoms. The molecule has 35 heavy (non-hydrogen) atoms. The molecule has 1 aliphatic carbocycles. The normalized spacial score (nSPS) is 18.4. The molecule has 0 unspecified atom stereocenters. The van der Waals surface area contributed by atoms with Crippen molar-refractivity contribution in [3.63, 3.8) is 0 Å². The lowest BCUT2D eigenvalue weighted by atomic mass is 9.94. The van der Waals surface area contributed by atoms with Gasteiger partial charge in [-0.2, -0.15) is 13.2 Å². The molecule has 186 valence electrons. The molecule has 3 aromatic carbocycles. The van der Waals surface area contributed by atoms with E-state index in [1.807, 2.05) is 24.3 Å². The van der Waals surface area contributed by atoms with E-state index in [4.69, 9.17) is 15.2 Å². The number of nitrogens with two attached hydrogens (primary N) is 1. The zero-order chi connectivity index (χ0) is 24.8. The van der Waals surface area contributed by atoms with Gasteiger partial charge in [0.15, 0.2) is 0 Å². The van der Waals surface area contributed by atoms with Crippen LogP contribution in [0.15, 0.2) is 66.7 Å². The monoisotopic (exact) mass is 487 g/mol. The van der Waals surface area contributed by atoms with Gasteiger partial charge < -0.3 is 15.2 Å². The van der Waals surface area contributed by atoms with Crippen molar-refractivity contribution in [2.24, 2.45) is 5.73 Å². The second-order valence-corrected chi connectivity index (χ2v) is 8.89. The third kappa shape index (κ3) is 6.83. The van der Waals surface area contributed by atoms with Gasteiger partial charge in [0.05, 0.1) is 24.4 Å². The largest absolute Gasteiger partial charge is 0.490 e. The maximum absolute atomic E-state index is 13.8. The van der Waals surface area contributed by atoms with Gasteiger partial charge >= 0.3 is 6.18 Å². The number of halogens is 4. The zero-order valence-corrected chi connectivity index (χ0v) is 19.4. The molecule has 7 heteroatoms. The van der Waals surface area contributed by atoms with Crippen LogP contribution in [-0.2, 0) is 23.9 Å². The molecule has 0 aliphatic heterocycles. The summed E-state index contributed by atoms with van der Waals surface area (Å²) in [6.45, 7) is 0.785. The van der Waals surface area contributed by atoms with Gasteiger partial charge in [-0.1, -0.05) is 30.3 Å². The van der Waals surface area contributed by atoms with Crippen molar-refractivity contribution < 1.29 is 27.0 Å². The number of benzene rings is 3. The van der Waals surface area contributed by atoms with Crippen LogP contribution in [0.25, 0.3) is 11.1 Å². The fraction of sp³-hybridized carbons (Fsp3) is 0.357. The lowest BCUT2D eigenvalue weighted by molar-refractivity contribution is -0.137. The van der Waals surface area contributed by atoms with Crippen molar-refractivity contribution in [2.45, 2.75) is 57.1 Å². The molecule has 0 atom stereocenters. The third-order valence-electron chi connectivity index (χ3n) is 6.32. The van der Waals surface area contributed by atoms with E-state index in [1.54, 1.807) is 6.07 Å². The van der Waals surface area contributed by atoms with E-state index in [2.05, 4.69) is 0 Å². The maximum atomic E-state index is 13.8. The van der Waals surface area contributed by atoms with Crippen LogP contribution in [0.1, 0.15) is 42.4 Å². The standard InChI is InChI=1S/C28H29F4NO2/c29-23-3-1-2-21(16-23)27-17-26(9-6-20(27)14-15-33)35-25-12-10-24(11-13-25)34-18-19-4-7-22(8-5-19)28(30,31)32/h1-9,16-17,24-25H,10-15,18,33H2. The number of hydrogen-bond donors (Lipinski definition) is 1. The Morgan fingerprint density at radius 1 is 0.857 bits per heavy atom. The average Bonchev–Trinajstić information content (AvgIpc) is 2.84. The topological polar surface area (TPSA) is 44.5 Å². The van der Waals surface area contributed by atoms with Crippen LogP contribution in [0, 0.1) is 5.82 Å². The molecular weight excluding hydrogens is 458 g/mol. The highest BCUT2D eigenvalue weighted by molar-refractivity contribution is 5.69. The van der Waals surface area contributed by atoms with E-state index in [9.17, 15) is 17.6 Å². The Bertz CT molecular complexity index is 1110. The van der Waals surface area contributed by atoms with Crippen LogP contribution in [0.2, 0.25) is 0 Å². The highest BCUT2D eigenvalue weighted by atomic mass is 19.4. The first-order valence-corrected chi connectivity index (χ1v) is 11.8. The molecule has 4 rings (SSSR count). The second kappa shape index (κ2) is 11.2. The molecule has 3 aromatic rings. The maximum Gasteiger partial charge on any atom is 0.416 e. The first-order chi connectivity index (χ1) is 16.8. The summed E-state index contributed by atoms with van der Waals surface area (Å²) >= 11 is 0. The van der Waals surface area contributed by atoms with Crippen LogP contribution in [-0.4, -0.2) is 18.8 Å². The number of hydrogen-bond acceptors (Lipinski definition) is 3. The van der Waals surface area contributed by atoms with E-state index in [0.717, 1.165) is 65.8 Å². The molecule has 0 amide bonds. The third-order valence-corrected chi connectivity index (χ3v) is 6.32. The summed E-state index contributed by atoms with van der Waals surface area (Å²) in [5.41, 5.74) is 8.58. The number of rotatable bonds is 8. The van der Waals surface area contributed by atoms with Gasteiger partial charge in [-0.25, -0.2) is 4.39 Å². The van der Waals surface area contributed by atoms with E-state index in [1.165, 1.54) is 24.3 Å². The molecule has 0 aromatic heterocycles. The minimum Gasteiger partial charge on any atom is -0.490 e. The predicted octanol–water partition coefficient (Wildman–Crippen LogP) is 6.92. The SMILES string of the molecule is NCCc1ccc(OC2CCC(OCc3ccc(C(F)(F)F)cc3)CC2)cc1-c1cccc(F)c1. The van der Waals surface area contributed by atoms with Gasteiger partial charge in [0.25, 0.3) is 0 Å². The van der Waals surface area contributed by atoms with Crippen LogP contribution < -0.4 is 10.5 Å². The summed E-state index contributed by atoms with van der Waals surface area (Å²) in [7, 11) is 0. The summed E-state index contributed by atoms with van der Waals surface area (Å²) < 4.78 is 64.1. The lowest BCUT2D eigenvalue weighted by Crippen LogP contribution is -2.28. The number of ether oxygens (including phenoxy) is 2. The van der Waals surface area contributed by atoms with Gasteiger partial charge in [0.1, 0.15) is 11.6 Å². The van der Waals surface area contributed by atoms with Crippen molar-refractivity contribution in [3.8, 4) is 16.9 Å².